The van der Waals surface area contributed by atoms with Gasteiger partial charge in [0.05, 0.1) is 0 Å². The first-order valence-electron chi connectivity index (χ1n) is 3.86. The van der Waals surface area contributed by atoms with Crippen molar-refractivity contribution in [1.29, 1.82) is 0 Å². The van der Waals surface area contributed by atoms with Gasteiger partial charge in [0.2, 0.25) is 5.78 Å². The van der Waals surface area contributed by atoms with Gasteiger partial charge in [-0.15, -0.1) is 0 Å². The van der Waals surface area contributed by atoms with E-state index >= 15 is 0 Å². The van der Waals surface area contributed by atoms with Crippen LogP contribution in [0.5, 0.6) is 0 Å². The Hall–Kier alpha value is -1.22. The van der Waals surface area contributed by atoms with Crippen LogP contribution >= 0.6 is 0 Å². The maximum Gasteiger partial charge on any atom is 0.206 e. The van der Waals surface area contributed by atoms with Crippen LogP contribution in [0.15, 0.2) is 24.4 Å². The van der Waals surface area contributed by atoms with E-state index < -0.39 is 0 Å². The van der Waals surface area contributed by atoms with Crippen LogP contribution < -0.4 is 0 Å². The SMILES string of the molecule is CCOCC(=O)c1ccccn1. The molecule has 0 saturated carbocycles. The summed E-state index contributed by atoms with van der Waals surface area (Å²) >= 11 is 0. The van der Waals surface area contributed by atoms with E-state index in [9.17, 15) is 4.79 Å². The van der Waals surface area contributed by atoms with E-state index in [1.807, 2.05) is 6.92 Å². The van der Waals surface area contributed by atoms with Crippen molar-refractivity contribution in [3.8, 4) is 0 Å². The molecule has 0 saturated heterocycles. The molecule has 1 aromatic rings. The number of hydrogen-bond acceptors (Lipinski definition) is 3. The average molecular weight is 165 g/mol. The van der Waals surface area contributed by atoms with Gasteiger partial charge in [0.1, 0.15) is 12.3 Å². The number of carbonyl (C=O) groups excluding carboxylic acids is 1. The number of ether oxygens (including phenoxy) is 1. The minimum atomic E-state index is -0.0718. The van der Waals surface area contributed by atoms with Crippen molar-refractivity contribution < 1.29 is 9.53 Å². The highest BCUT2D eigenvalue weighted by molar-refractivity contribution is 5.95. The highest BCUT2D eigenvalue weighted by atomic mass is 16.5. The van der Waals surface area contributed by atoms with Gasteiger partial charge >= 0.3 is 0 Å². The number of Topliss-reactive ketones (excluding diaryl/α,β-unsaturated/α-hetero) is 1. The molecule has 0 aliphatic rings. The molecule has 0 amide bonds. The van der Waals surface area contributed by atoms with Gasteiger partial charge in [-0.3, -0.25) is 9.78 Å². The van der Waals surface area contributed by atoms with Crippen LogP contribution in [0.1, 0.15) is 17.4 Å². The molecule has 0 unspecified atom stereocenters. The maximum absolute atomic E-state index is 11.2. The van der Waals surface area contributed by atoms with Crippen LogP contribution in [-0.4, -0.2) is 24.0 Å². The van der Waals surface area contributed by atoms with Crippen LogP contribution in [0.4, 0.5) is 0 Å². The molecule has 0 N–H and O–H groups in total. The van der Waals surface area contributed by atoms with E-state index in [2.05, 4.69) is 4.98 Å². The first-order chi connectivity index (χ1) is 5.84. The topological polar surface area (TPSA) is 39.2 Å². The summed E-state index contributed by atoms with van der Waals surface area (Å²) in [6, 6.07) is 5.24. The zero-order chi connectivity index (χ0) is 8.81. The largest absolute Gasteiger partial charge is 0.374 e. The fourth-order valence-electron chi connectivity index (χ4n) is 0.796. The zero-order valence-corrected chi connectivity index (χ0v) is 6.99. The highest BCUT2D eigenvalue weighted by Crippen LogP contribution is 1.95. The molecule has 0 radical (unpaired) electrons. The summed E-state index contributed by atoms with van der Waals surface area (Å²) in [5, 5.41) is 0. The summed E-state index contributed by atoms with van der Waals surface area (Å²) in [6.45, 7) is 2.53. The van der Waals surface area contributed by atoms with E-state index in [1.165, 1.54) is 0 Å². The van der Waals surface area contributed by atoms with Gasteiger partial charge in [-0.25, -0.2) is 0 Å². The number of ketones is 1. The minimum absolute atomic E-state index is 0.0718. The molecule has 3 nitrogen and oxygen atoms in total. The van der Waals surface area contributed by atoms with Crippen molar-refractivity contribution in [1.82, 2.24) is 4.98 Å². The first-order valence-corrected chi connectivity index (χ1v) is 3.86. The van der Waals surface area contributed by atoms with Gasteiger partial charge in [0.15, 0.2) is 0 Å². The van der Waals surface area contributed by atoms with Crippen molar-refractivity contribution >= 4 is 5.78 Å². The lowest BCUT2D eigenvalue weighted by molar-refractivity contribution is 0.0778. The molecule has 12 heavy (non-hydrogen) atoms. The fourth-order valence-corrected chi connectivity index (χ4v) is 0.796. The smallest absolute Gasteiger partial charge is 0.206 e. The average Bonchev–Trinajstić information content (AvgIpc) is 2.15. The van der Waals surface area contributed by atoms with Crippen LogP contribution in [0.2, 0.25) is 0 Å². The number of carbonyl (C=O) groups is 1. The Balaban J connectivity index is 2.54. The van der Waals surface area contributed by atoms with E-state index in [0.717, 1.165) is 0 Å². The molecule has 1 rings (SSSR count). The van der Waals surface area contributed by atoms with E-state index in [0.29, 0.717) is 12.3 Å². The molecule has 0 fully saturated rings. The maximum atomic E-state index is 11.2. The van der Waals surface area contributed by atoms with Gasteiger partial charge in [0, 0.05) is 12.8 Å². The van der Waals surface area contributed by atoms with Gasteiger partial charge < -0.3 is 4.74 Å². The molecule has 0 aliphatic heterocycles. The molecule has 0 aliphatic carbocycles. The number of nitrogens with zero attached hydrogens (tertiary/aromatic N) is 1. The Morgan fingerprint density at radius 2 is 2.42 bits per heavy atom. The molecule has 0 bridgehead atoms. The summed E-state index contributed by atoms with van der Waals surface area (Å²) in [5.41, 5.74) is 0.464. The lowest BCUT2D eigenvalue weighted by Crippen LogP contribution is -2.10. The lowest BCUT2D eigenvalue weighted by atomic mass is 10.3. The second-order valence-corrected chi connectivity index (χ2v) is 2.28. The van der Waals surface area contributed by atoms with Crippen LogP contribution in [0.25, 0.3) is 0 Å². The first kappa shape index (κ1) is 8.87. The third-order valence-corrected chi connectivity index (χ3v) is 1.39. The normalized spacial score (nSPS) is 9.75. The Morgan fingerprint density at radius 1 is 1.58 bits per heavy atom. The Kier molecular flexibility index (Phi) is 3.41. The monoisotopic (exact) mass is 165 g/mol. The quantitative estimate of drug-likeness (QED) is 0.631. The summed E-state index contributed by atoms with van der Waals surface area (Å²) in [4.78, 5) is 15.1. The highest BCUT2D eigenvalue weighted by Gasteiger charge is 2.04. The van der Waals surface area contributed by atoms with E-state index in [-0.39, 0.29) is 12.4 Å². The third kappa shape index (κ3) is 2.43. The van der Waals surface area contributed by atoms with Crippen LogP contribution in [-0.2, 0) is 4.74 Å². The van der Waals surface area contributed by atoms with Gasteiger partial charge in [-0.05, 0) is 19.1 Å². The molecule has 0 spiro atoms. The predicted octanol–water partition coefficient (Wildman–Crippen LogP) is 1.30. The summed E-state index contributed by atoms with van der Waals surface area (Å²) in [6.07, 6.45) is 1.60. The van der Waals surface area contributed by atoms with Crippen molar-refractivity contribution in [2.75, 3.05) is 13.2 Å². The Bertz CT molecular complexity index is 246. The second kappa shape index (κ2) is 4.62. The summed E-state index contributed by atoms with van der Waals surface area (Å²) in [5.74, 6) is -0.0718. The van der Waals surface area contributed by atoms with Crippen molar-refractivity contribution in [3.63, 3.8) is 0 Å². The molecule has 0 aromatic carbocycles. The number of aromatic nitrogens is 1. The van der Waals surface area contributed by atoms with Crippen molar-refractivity contribution in [2.24, 2.45) is 0 Å². The lowest BCUT2D eigenvalue weighted by Gasteiger charge is -1.98. The predicted molar refractivity (Wildman–Crippen MR) is 45.1 cm³/mol. The summed E-state index contributed by atoms with van der Waals surface area (Å²) < 4.78 is 4.96. The Morgan fingerprint density at radius 3 is 3.00 bits per heavy atom. The summed E-state index contributed by atoms with van der Waals surface area (Å²) in [7, 11) is 0. The van der Waals surface area contributed by atoms with Gasteiger partial charge in [-0.1, -0.05) is 6.07 Å². The molecular weight excluding hydrogens is 154 g/mol. The molecule has 3 heteroatoms. The van der Waals surface area contributed by atoms with Gasteiger partial charge in [-0.2, -0.15) is 0 Å². The van der Waals surface area contributed by atoms with Crippen LogP contribution in [0, 0.1) is 0 Å². The number of hydrogen-bond donors (Lipinski definition) is 0. The molecule has 64 valence electrons. The van der Waals surface area contributed by atoms with Crippen molar-refractivity contribution in [3.05, 3.63) is 30.1 Å². The standard InChI is InChI=1S/C9H11NO2/c1-2-12-7-9(11)8-5-3-4-6-10-8/h3-6H,2,7H2,1H3. The minimum Gasteiger partial charge on any atom is -0.374 e. The third-order valence-electron chi connectivity index (χ3n) is 1.39. The number of rotatable bonds is 4. The van der Waals surface area contributed by atoms with Gasteiger partial charge in [0.25, 0.3) is 0 Å². The molecule has 1 aromatic heterocycles. The fraction of sp³-hybridized carbons (Fsp3) is 0.333. The molecule has 0 atom stereocenters. The van der Waals surface area contributed by atoms with Crippen LogP contribution in [0.3, 0.4) is 0 Å². The Labute approximate surface area is 71.4 Å². The zero-order valence-electron chi connectivity index (χ0n) is 6.99. The number of pyridine rings is 1. The molecule has 1 heterocycles. The molecular formula is C9H11NO2. The van der Waals surface area contributed by atoms with E-state index in [1.54, 1.807) is 24.4 Å². The van der Waals surface area contributed by atoms with Crippen molar-refractivity contribution in [2.45, 2.75) is 6.92 Å². The second-order valence-electron chi connectivity index (χ2n) is 2.28. The van der Waals surface area contributed by atoms with E-state index in [4.69, 9.17) is 4.74 Å².